The number of carbonyl (C=O) groups is 2. The molecule has 0 heterocycles. The molecule has 0 saturated carbocycles. The van der Waals surface area contributed by atoms with Crippen LogP contribution in [0.2, 0.25) is 5.02 Å². The van der Waals surface area contributed by atoms with Crippen LogP contribution in [0, 0.1) is 6.92 Å². The average Bonchev–Trinajstić information content (AvgIpc) is 2.58. The largest absolute Gasteiger partial charge is 0.484 e. The van der Waals surface area contributed by atoms with Crippen LogP contribution in [-0.4, -0.2) is 25.5 Å². The minimum Gasteiger partial charge on any atom is -0.484 e. The third-order valence-corrected chi connectivity index (χ3v) is 3.64. The van der Waals surface area contributed by atoms with E-state index in [9.17, 15) is 9.59 Å². The molecule has 2 N–H and O–H groups in total. The molecular weight excluding hydrogens is 328 g/mol. The summed E-state index contributed by atoms with van der Waals surface area (Å²) < 4.78 is 5.49. The van der Waals surface area contributed by atoms with Crippen molar-refractivity contribution in [2.24, 2.45) is 0 Å². The zero-order valence-corrected chi connectivity index (χ0v) is 14.3. The van der Waals surface area contributed by atoms with Crippen molar-refractivity contribution in [3.63, 3.8) is 0 Å². The quantitative estimate of drug-likeness (QED) is 0.845. The molecule has 0 atom stereocenters. The van der Waals surface area contributed by atoms with Crippen LogP contribution in [0.4, 0.5) is 0 Å². The molecule has 0 bridgehead atoms. The molecule has 0 aliphatic rings. The predicted molar refractivity (Wildman–Crippen MR) is 93.4 cm³/mol. The molecule has 0 spiro atoms. The van der Waals surface area contributed by atoms with Gasteiger partial charge in [-0.2, -0.15) is 0 Å². The highest BCUT2D eigenvalue weighted by molar-refractivity contribution is 6.30. The standard InChI is InChI=1S/C18H19ClN2O3/c1-12-8-15(19)6-7-16(12)24-11-17(22)21-10-13-4-3-5-14(9-13)18(23)20-2/h3-9H,10-11H2,1-2H3,(H,20,23)(H,21,22). The topological polar surface area (TPSA) is 67.4 Å². The molecular formula is C18H19ClN2O3. The minimum atomic E-state index is -0.241. The Morgan fingerprint density at radius 1 is 1.17 bits per heavy atom. The molecule has 5 nitrogen and oxygen atoms in total. The van der Waals surface area contributed by atoms with Crippen LogP contribution in [0.15, 0.2) is 42.5 Å². The summed E-state index contributed by atoms with van der Waals surface area (Å²) in [5, 5.41) is 5.95. The van der Waals surface area contributed by atoms with Crippen molar-refractivity contribution >= 4 is 23.4 Å². The summed E-state index contributed by atoms with van der Waals surface area (Å²) in [5.74, 6) is 0.218. The molecule has 0 unspecified atom stereocenters. The lowest BCUT2D eigenvalue weighted by Gasteiger charge is -2.10. The van der Waals surface area contributed by atoms with Crippen molar-refractivity contribution < 1.29 is 14.3 Å². The first-order valence-electron chi connectivity index (χ1n) is 7.46. The zero-order chi connectivity index (χ0) is 17.5. The van der Waals surface area contributed by atoms with Crippen molar-refractivity contribution in [1.82, 2.24) is 10.6 Å². The van der Waals surface area contributed by atoms with Crippen molar-refractivity contribution in [2.45, 2.75) is 13.5 Å². The third kappa shape index (κ3) is 4.99. The van der Waals surface area contributed by atoms with E-state index >= 15 is 0 Å². The molecule has 0 saturated heterocycles. The van der Waals surface area contributed by atoms with E-state index in [-0.39, 0.29) is 18.4 Å². The number of ether oxygens (including phenoxy) is 1. The number of amides is 2. The van der Waals surface area contributed by atoms with Crippen LogP contribution in [0.5, 0.6) is 5.75 Å². The second-order valence-electron chi connectivity index (χ2n) is 5.25. The Hall–Kier alpha value is -2.53. The molecule has 2 amide bonds. The van der Waals surface area contributed by atoms with Crippen LogP contribution < -0.4 is 15.4 Å². The molecule has 2 rings (SSSR count). The van der Waals surface area contributed by atoms with Crippen molar-refractivity contribution in [2.75, 3.05) is 13.7 Å². The van der Waals surface area contributed by atoms with Crippen LogP contribution in [-0.2, 0) is 11.3 Å². The van der Waals surface area contributed by atoms with E-state index in [0.29, 0.717) is 22.9 Å². The summed E-state index contributed by atoms with van der Waals surface area (Å²) in [6.07, 6.45) is 0. The molecule has 2 aromatic rings. The van der Waals surface area contributed by atoms with Gasteiger partial charge < -0.3 is 15.4 Å². The number of rotatable bonds is 6. The summed E-state index contributed by atoms with van der Waals surface area (Å²) in [6, 6.07) is 12.3. The van der Waals surface area contributed by atoms with Gasteiger partial charge in [0, 0.05) is 24.2 Å². The van der Waals surface area contributed by atoms with E-state index in [2.05, 4.69) is 10.6 Å². The van der Waals surface area contributed by atoms with E-state index in [1.165, 1.54) is 0 Å². The smallest absolute Gasteiger partial charge is 0.258 e. The maximum Gasteiger partial charge on any atom is 0.258 e. The van der Waals surface area contributed by atoms with Crippen molar-refractivity contribution in [1.29, 1.82) is 0 Å². The molecule has 0 radical (unpaired) electrons. The minimum absolute atomic E-state index is 0.0857. The summed E-state index contributed by atoms with van der Waals surface area (Å²) >= 11 is 5.88. The molecule has 126 valence electrons. The number of hydrogen-bond donors (Lipinski definition) is 2. The molecule has 2 aromatic carbocycles. The van der Waals surface area contributed by atoms with Gasteiger partial charge in [-0.3, -0.25) is 9.59 Å². The van der Waals surface area contributed by atoms with Gasteiger partial charge in [0.05, 0.1) is 0 Å². The Balaban J connectivity index is 1.86. The lowest BCUT2D eigenvalue weighted by Crippen LogP contribution is -2.28. The number of aryl methyl sites for hydroxylation is 1. The second kappa shape index (κ2) is 8.36. The fourth-order valence-corrected chi connectivity index (χ4v) is 2.36. The number of nitrogens with one attached hydrogen (secondary N) is 2. The van der Waals surface area contributed by atoms with Crippen molar-refractivity contribution in [3.8, 4) is 5.75 Å². The molecule has 0 aromatic heterocycles. The van der Waals surface area contributed by atoms with Gasteiger partial charge in [-0.1, -0.05) is 23.7 Å². The van der Waals surface area contributed by atoms with Gasteiger partial charge in [-0.15, -0.1) is 0 Å². The van der Waals surface area contributed by atoms with Crippen LogP contribution in [0.3, 0.4) is 0 Å². The van der Waals surface area contributed by atoms with E-state index < -0.39 is 0 Å². The molecule has 0 aliphatic heterocycles. The van der Waals surface area contributed by atoms with Gasteiger partial charge in [0.15, 0.2) is 6.61 Å². The van der Waals surface area contributed by atoms with E-state index in [4.69, 9.17) is 16.3 Å². The normalized spacial score (nSPS) is 10.1. The SMILES string of the molecule is CNC(=O)c1cccc(CNC(=O)COc2ccc(Cl)cc2C)c1. The Labute approximate surface area is 146 Å². The zero-order valence-electron chi connectivity index (χ0n) is 13.6. The fourth-order valence-electron chi connectivity index (χ4n) is 2.14. The Bertz CT molecular complexity index is 747. The second-order valence-corrected chi connectivity index (χ2v) is 5.69. The highest BCUT2D eigenvalue weighted by Gasteiger charge is 2.07. The fraction of sp³-hybridized carbons (Fsp3) is 0.222. The number of benzene rings is 2. The predicted octanol–water partition coefficient (Wildman–Crippen LogP) is 2.70. The molecule has 0 aliphatic carbocycles. The average molecular weight is 347 g/mol. The maximum absolute atomic E-state index is 11.9. The highest BCUT2D eigenvalue weighted by atomic mass is 35.5. The van der Waals surface area contributed by atoms with E-state index in [0.717, 1.165) is 11.1 Å². The Kier molecular flexibility index (Phi) is 6.21. The van der Waals surface area contributed by atoms with Gasteiger partial charge >= 0.3 is 0 Å². The van der Waals surface area contributed by atoms with Crippen LogP contribution in [0.1, 0.15) is 21.5 Å². The Morgan fingerprint density at radius 2 is 1.96 bits per heavy atom. The third-order valence-electron chi connectivity index (χ3n) is 3.40. The lowest BCUT2D eigenvalue weighted by molar-refractivity contribution is -0.123. The van der Waals surface area contributed by atoms with Crippen molar-refractivity contribution in [3.05, 3.63) is 64.2 Å². The Morgan fingerprint density at radius 3 is 2.67 bits per heavy atom. The first kappa shape index (κ1) is 17.8. The number of halogens is 1. The van der Waals surface area contributed by atoms with Gasteiger partial charge in [0.25, 0.3) is 11.8 Å². The first-order chi connectivity index (χ1) is 11.5. The first-order valence-corrected chi connectivity index (χ1v) is 7.84. The summed E-state index contributed by atoms with van der Waals surface area (Å²) in [7, 11) is 1.58. The monoisotopic (exact) mass is 346 g/mol. The summed E-state index contributed by atoms with van der Waals surface area (Å²) in [5.41, 5.74) is 2.26. The highest BCUT2D eigenvalue weighted by Crippen LogP contribution is 2.21. The summed E-state index contributed by atoms with van der Waals surface area (Å²) in [6.45, 7) is 2.10. The lowest BCUT2D eigenvalue weighted by atomic mass is 10.1. The van der Waals surface area contributed by atoms with Gasteiger partial charge in [-0.25, -0.2) is 0 Å². The van der Waals surface area contributed by atoms with E-state index in [1.54, 1.807) is 43.4 Å². The van der Waals surface area contributed by atoms with Crippen LogP contribution in [0.25, 0.3) is 0 Å². The van der Waals surface area contributed by atoms with Gasteiger partial charge in [0.2, 0.25) is 0 Å². The van der Waals surface area contributed by atoms with E-state index in [1.807, 2.05) is 13.0 Å². The van der Waals surface area contributed by atoms with Gasteiger partial charge in [0.1, 0.15) is 5.75 Å². The number of carbonyl (C=O) groups excluding carboxylic acids is 2. The molecule has 6 heteroatoms. The molecule has 0 fully saturated rings. The maximum atomic E-state index is 11.9. The summed E-state index contributed by atoms with van der Waals surface area (Å²) in [4.78, 5) is 23.5. The number of hydrogen-bond acceptors (Lipinski definition) is 3. The van der Waals surface area contributed by atoms with Gasteiger partial charge in [-0.05, 0) is 48.4 Å². The van der Waals surface area contributed by atoms with Crippen LogP contribution >= 0.6 is 11.6 Å². The molecule has 24 heavy (non-hydrogen) atoms.